The molecule has 31 heavy (non-hydrogen) atoms. The SMILES string of the molecule is C[C@@H](OC(=O)/C=C/c1ccc2c(c1)OCCCO2)C(=O)Nc1cccc2ccccc12. The lowest BCUT2D eigenvalue weighted by Gasteiger charge is -2.14. The van der Waals surface area contributed by atoms with Crippen molar-refractivity contribution in [3.63, 3.8) is 0 Å². The number of fused-ring (bicyclic) bond motifs is 2. The minimum absolute atomic E-state index is 0.395. The predicted molar refractivity (Wildman–Crippen MR) is 119 cm³/mol. The number of benzene rings is 3. The molecule has 0 saturated heterocycles. The Labute approximate surface area is 180 Å². The van der Waals surface area contributed by atoms with Crippen LogP contribution >= 0.6 is 0 Å². The number of rotatable bonds is 5. The van der Waals surface area contributed by atoms with E-state index in [9.17, 15) is 9.59 Å². The fourth-order valence-electron chi connectivity index (χ4n) is 3.28. The molecule has 1 heterocycles. The van der Waals surface area contributed by atoms with Crippen LogP contribution in [0.5, 0.6) is 11.5 Å². The molecule has 6 heteroatoms. The number of carbonyl (C=O) groups is 2. The molecule has 0 unspecified atom stereocenters. The molecule has 1 atom stereocenters. The van der Waals surface area contributed by atoms with Gasteiger partial charge in [0, 0.05) is 23.6 Å². The first-order chi connectivity index (χ1) is 15.1. The Bertz CT molecular complexity index is 1130. The molecule has 1 amide bonds. The maximum absolute atomic E-state index is 12.5. The number of hydrogen-bond donors (Lipinski definition) is 1. The molecule has 3 aromatic carbocycles. The van der Waals surface area contributed by atoms with Gasteiger partial charge >= 0.3 is 5.97 Å². The van der Waals surface area contributed by atoms with Crippen LogP contribution in [0.1, 0.15) is 18.9 Å². The summed E-state index contributed by atoms with van der Waals surface area (Å²) in [4.78, 5) is 24.7. The van der Waals surface area contributed by atoms with E-state index >= 15 is 0 Å². The number of ether oxygens (including phenoxy) is 3. The summed E-state index contributed by atoms with van der Waals surface area (Å²) >= 11 is 0. The third-order valence-electron chi connectivity index (χ3n) is 4.89. The van der Waals surface area contributed by atoms with Crippen LogP contribution in [0.2, 0.25) is 0 Å². The Balaban J connectivity index is 1.37. The Morgan fingerprint density at radius 3 is 2.65 bits per heavy atom. The van der Waals surface area contributed by atoms with Gasteiger partial charge in [0.05, 0.1) is 13.2 Å². The van der Waals surface area contributed by atoms with E-state index in [0.717, 1.165) is 22.8 Å². The third kappa shape index (κ3) is 5.04. The molecule has 158 valence electrons. The Kier molecular flexibility index (Phi) is 6.17. The van der Waals surface area contributed by atoms with E-state index in [0.29, 0.717) is 30.4 Å². The number of hydrogen-bond acceptors (Lipinski definition) is 5. The van der Waals surface area contributed by atoms with Crippen molar-refractivity contribution < 1.29 is 23.8 Å². The van der Waals surface area contributed by atoms with Crippen LogP contribution in [0.15, 0.2) is 66.7 Å². The summed E-state index contributed by atoms with van der Waals surface area (Å²) in [6.07, 6.45) is 2.79. The predicted octanol–water partition coefficient (Wildman–Crippen LogP) is 4.58. The number of carbonyl (C=O) groups excluding carboxylic acids is 2. The lowest BCUT2D eigenvalue weighted by Crippen LogP contribution is -2.29. The van der Waals surface area contributed by atoms with E-state index in [1.165, 1.54) is 6.08 Å². The Morgan fingerprint density at radius 2 is 1.77 bits per heavy atom. The van der Waals surface area contributed by atoms with E-state index < -0.39 is 18.0 Å². The fraction of sp³-hybridized carbons (Fsp3) is 0.200. The quantitative estimate of drug-likeness (QED) is 0.486. The fourth-order valence-corrected chi connectivity index (χ4v) is 3.28. The normalized spacial score (nSPS) is 14.1. The van der Waals surface area contributed by atoms with Crippen LogP contribution in [-0.2, 0) is 14.3 Å². The van der Waals surface area contributed by atoms with E-state index in [2.05, 4.69) is 5.32 Å². The molecule has 0 aliphatic carbocycles. The van der Waals surface area contributed by atoms with Crippen molar-refractivity contribution in [3.8, 4) is 11.5 Å². The number of esters is 1. The lowest BCUT2D eigenvalue weighted by molar-refractivity contribution is -0.148. The van der Waals surface area contributed by atoms with Crippen molar-refractivity contribution >= 4 is 34.4 Å². The first-order valence-corrected chi connectivity index (χ1v) is 10.2. The maximum atomic E-state index is 12.5. The van der Waals surface area contributed by atoms with Gasteiger partial charge in [-0.3, -0.25) is 4.79 Å². The van der Waals surface area contributed by atoms with Crippen molar-refractivity contribution in [1.82, 2.24) is 0 Å². The standard InChI is InChI=1S/C25H23NO5/c1-17(25(28)26-21-9-4-7-19-6-2-3-8-20(19)21)31-24(27)13-11-18-10-12-22-23(16-18)30-15-5-14-29-22/h2-4,6-13,16-17H,5,14-15H2,1H3,(H,26,28)/b13-11+/t17-/m1/s1. The number of nitrogens with one attached hydrogen (secondary N) is 1. The molecule has 0 bridgehead atoms. The van der Waals surface area contributed by atoms with E-state index in [1.54, 1.807) is 19.1 Å². The van der Waals surface area contributed by atoms with E-state index in [4.69, 9.17) is 14.2 Å². The van der Waals surface area contributed by atoms with E-state index in [1.807, 2.05) is 54.6 Å². The van der Waals surface area contributed by atoms with Gasteiger partial charge in [-0.05, 0) is 42.1 Å². The molecule has 1 N–H and O–H groups in total. The van der Waals surface area contributed by atoms with Crippen LogP contribution in [0, 0.1) is 0 Å². The van der Waals surface area contributed by atoms with Gasteiger partial charge in [0.25, 0.3) is 5.91 Å². The van der Waals surface area contributed by atoms with Gasteiger partial charge in [0.2, 0.25) is 0 Å². The molecule has 6 nitrogen and oxygen atoms in total. The highest BCUT2D eigenvalue weighted by molar-refractivity contribution is 6.04. The van der Waals surface area contributed by atoms with Gasteiger partial charge in [-0.2, -0.15) is 0 Å². The van der Waals surface area contributed by atoms with Crippen LogP contribution in [0.4, 0.5) is 5.69 Å². The summed E-state index contributed by atoms with van der Waals surface area (Å²) in [5.74, 6) is 0.341. The molecular weight excluding hydrogens is 394 g/mol. The number of amides is 1. The van der Waals surface area contributed by atoms with Crippen LogP contribution in [0.25, 0.3) is 16.8 Å². The topological polar surface area (TPSA) is 73.9 Å². The minimum Gasteiger partial charge on any atom is -0.490 e. The smallest absolute Gasteiger partial charge is 0.331 e. The highest BCUT2D eigenvalue weighted by atomic mass is 16.5. The first-order valence-electron chi connectivity index (χ1n) is 10.2. The van der Waals surface area contributed by atoms with Gasteiger partial charge in [-0.25, -0.2) is 4.79 Å². The van der Waals surface area contributed by atoms with Crippen LogP contribution < -0.4 is 14.8 Å². The molecule has 0 fully saturated rings. The zero-order chi connectivity index (χ0) is 21.6. The summed E-state index contributed by atoms with van der Waals surface area (Å²) in [7, 11) is 0. The van der Waals surface area contributed by atoms with Crippen molar-refractivity contribution in [2.45, 2.75) is 19.4 Å². The molecular formula is C25H23NO5. The van der Waals surface area contributed by atoms with Gasteiger partial charge in [0.1, 0.15) is 0 Å². The average molecular weight is 417 g/mol. The van der Waals surface area contributed by atoms with E-state index in [-0.39, 0.29) is 0 Å². The Morgan fingerprint density at radius 1 is 1.00 bits per heavy atom. The van der Waals surface area contributed by atoms with Crippen molar-refractivity contribution in [2.24, 2.45) is 0 Å². The largest absolute Gasteiger partial charge is 0.490 e. The second-order valence-electron chi connectivity index (χ2n) is 7.19. The summed E-state index contributed by atoms with van der Waals surface area (Å²) in [6, 6.07) is 18.9. The number of anilines is 1. The molecule has 1 aliphatic heterocycles. The highest BCUT2D eigenvalue weighted by Gasteiger charge is 2.17. The molecule has 4 rings (SSSR count). The van der Waals surface area contributed by atoms with Crippen molar-refractivity contribution in [1.29, 1.82) is 0 Å². The first kappa shape index (κ1) is 20.5. The van der Waals surface area contributed by atoms with Crippen LogP contribution in [-0.4, -0.2) is 31.2 Å². The third-order valence-corrected chi connectivity index (χ3v) is 4.89. The molecule has 3 aromatic rings. The molecule has 1 aliphatic rings. The average Bonchev–Trinajstić information content (AvgIpc) is 3.03. The van der Waals surface area contributed by atoms with Gasteiger partial charge in [-0.15, -0.1) is 0 Å². The minimum atomic E-state index is -0.945. The second-order valence-corrected chi connectivity index (χ2v) is 7.19. The second kappa shape index (κ2) is 9.34. The highest BCUT2D eigenvalue weighted by Crippen LogP contribution is 2.30. The van der Waals surface area contributed by atoms with Gasteiger partial charge in [-0.1, -0.05) is 42.5 Å². The zero-order valence-corrected chi connectivity index (χ0v) is 17.2. The summed E-state index contributed by atoms with van der Waals surface area (Å²) in [5, 5.41) is 4.77. The summed E-state index contributed by atoms with van der Waals surface area (Å²) in [5.41, 5.74) is 1.45. The summed E-state index contributed by atoms with van der Waals surface area (Å²) in [6.45, 7) is 2.75. The monoisotopic (exact) mass is 417 g/mol. The van der Waals surface area contributed by atoms with Crippen molar-refractivity contribution in [3.05, 3.63) is 72.3 Å². The zero-order valence-electron chi connectivity index (χ0n) is 17.2. The molecule has 0 spiro atoms. The molecule has 0 aromatic heterocycles. The van der Waals surface area contributed by atoms with Gasteiger partial charge in [0.15, 0.2) is 17.6 Å². The summed E-state index contributed by atoms with van der Waals surface area (Å²) < 4.78 is 16.5. The van der Waals surface area contributed by atoms with Gasteiger partial charge < -0.3 is 19.5 Å². The molecule has 0 radical (unpaired) electrons. The lowest BCUT2D eigenvalue weighted by atomic mass is 10.1. The Hall–Kier alpha value is -3.80. The van der Waals surface area contributed by atoms with Crippen LogP contribution in [0.3, 0.4) is 0 Å². The van der Waals surface area contributed by atoms with Crippen molar-refractivity contribution in [2.75, 3.05) is 18.5 Å². The molecule has 0 saturated carbocycles. The maximum Gasteiger partial charge on any atom is 0.331 e.